The third-order valence-corrected chi connectivity index (χ3v) is 6.12. The first-order valence-corrected chi connectivity index (χ1v) is 11.9. The Kier molecular flexibility index (Phi) is 8.09. The molecule has 178 valence electrons. The van der Waals surface area contributed by atoms with E-state index in [1.54, 1.807) is 60.7 Å². The molecule has 0 aromatic heterocycles. The van der Waals surface area contributed by atoms with Gasteiger partial charge in [-0.3, -0.25) is 19.2 Å². The molecule has 0 aliphatic carbocycles. The van der Waals surface area contributed by atoms with Gasteiger partial charge in [0.1, 0.15) is 11.8 Å². The van der Waals surface area contributed by atoms with Crippen LogP contribution in [0.2, 0.25) is 0 Å². The lowest BCUT2D eigenvalue weighted by atomic mass is 9.79. The fourth-order valence-corrected chi connectivity index (χ4v) is 4.34. The largest absolute Gasteiger partial charge is 0.298 e. The van der Waals surface area contributed by atoms with E-state index in [1.165, 1.54) is 0 Å². The summed E-state index contributed by atoms with van der Waals surface area (Å²) in [6.45, 7) is 0. The maximum absolute atomic E-state index is 13.7. The molecule has 0 amide bonds. The van der Waals surface area contributed by atoms with Gasteiger partial charge in [-0.05, 0) is 22.3 Å². The lowest BCUT2D eigenvalue weighted by molar-refractivity contribution is -0.143. The van der Waals surface area contributed by atoms with E-state index in [9.17, 15) is 19.2 Å². The summed E-state index contributed by atoms with van der Waals surface area (Å²) in [4.78, 5) is 54.3. The summed E-state index contributed by atoms with van der Waals surface area (Å²) in [6, 6.07) is 35.4. The highest BCUT2D eigenvalue weighted by molar-refractivity contribution is 6.48. The van der Waals surface area contributed by atoms with Crippen LogP contribution in [0.3, 0.4) is 0 Å². The van der Waals surface area contributed by atoms with E-state index in [0.717, 1.165) is 11.1 Å². The maximum atomic E-state index is 13.7. The van der Waals surface area contributed by atoms with E-state index in [1.807, 2.05) is 60.7 Å². The van der Waals surface area contributed by atoms with Gasteiger partial charge in [0.15, 0.2) is 11.6 Å². The highest BCUT2D eigenvalue weighted by atomic mass is 16.2. The van der Waals surface area contributed by atoms with Gasteiger partial charge in [0, 0.05) is 12.8 Å². The van der Waals surface area contributed by atoms with Gasteiger partial charge in [0.25, 0.3) is 0 Å². The number of carbonyl (C=O) groups is 4. The van der Waals surface area contributed by atoms with E-state index in [-0.39, 0.29) is 24.4 Å². The molecule has 0 radical (unpaired) electrons. The van der Waals surface area contributed by atoms with Gasteiger partial charge in [-0.2, -0.15) is 0 Å². The van der Waals surface area contributed by atoms with Crippen LogP contribution >= 0.6 is 0 Å². The summed E-state index contributed by atoms with van der Waals surface area (Å²) in [5.74, 6) is -5.06. The predicted octanol–water partition coefficient (Wildman–Crippen LogP) is 5.32. The van der Waals surface area contributed by atoms with Crippen LogP contribution in [0.5, 0.6) is 0 Å². The average Bonchev–Trinajstić information content (AvgIpc) is 2.91. The van der Waals surface area contributed by atoms with Gasteiger partial charge in [-0.25, -0.2) is 0 Å². The molecule has 4 nitrogen and oxygen atoms in total. The van der Waals surface area contributed by atoms with Gasteiger partial charge in [0.2, 0.25) is 11.6 Å². The molecule has 4 rings (SSSR count). The van der Waals surface area contributed by atoms with E-state index in [2.05, 4.69) is 0 Å². The smallest absolute Gasteiger partial charge is 0.214 e. The van der Waals surface area contributed by atoms with Crippen molar-refractivity contribution in [2.75, 3.05) is 0 Å². The minimum absolute atomic E-state index is 0.00733. The van der Waals surface area contributed by atoms with Crippen LogP contribution in [0.25, 0.3) is 0 Å². The van der Waals surface area contributed by atoms with E-state index >= 15 is 0 Å². The monoisotopic (exact) mass is 474 g/mol. The standard InChI is InChI=1S/C32H26O4/c33-27(21-23-13-5-1-6-14-23)29(25-17-9-3-10-18-25)31(35)32(36)30(26-19-11-4-12-20-26)28(34)22-24-15-7-2-8-16-24/h1-20,29-30H,21-22H2/t29-,30-/m0/s1. The summed E-state index contributed by atoms with van der Waals surface area (Å²) in [5.41, 5.74) is 2.39. The van der Waals surface area contributed by atoms with Crippen LogP contribution in [-0.2, 0) is 32.0 Å². The minimum atomic E-state index is -1.28. The Morgan fingerprint density at radius 3 is 1.00 bits per heavy atom. The van der Waals surface area contributed by atoms with Gasteiger partial charge in [-0.1, -0.05) is 121 Å². The van der Waals surface area contributed by atoms with E-state index in [0.29, 0.717) is 11.1 Å². The Morgan fingerprint density at radius 2 is 0.694 bits per heavy atom. The zero-order valence-corrected chi connectivity index (χ0v) is 19.7. The van der Waals surface area contributed by atoms with Crippen LogP contribution in [0.15, 0.2) is 121 Å². The van der Waals surface area contributed by atoms with Crippen LogP contribution in [0, 0.1) is 0 Å². The quantitative estimate of drug-likeness (QED) is 0.218. The van der Waals surface area contributed by atoms with Gasteiger partial charge >= 0.3 is 0 Å². The predicted molar refractivity (Wildman–Crippen MR) is 139 cm³/mol. The Morgan fingerprint density at radius 1 is 0.417 bits per heavy atom. The van der Waals surface area contributed by atoms with Crippen LogP contribution in [0.1, 0.15) is 34.1 Å². The van der Waals surface area contributed by atoms with E-state index < -0.39 is 23.4 Å². The zero-order valence-electron chi connectivity index (χ0n) is 19.7. The average molecular weight is 475 g/mol. The second kappa shape index (κ2) is 11.8. The second-order valence-electron chi connectivity index (χ2n) is 8.67. The number of hydrogen-bond donors (Lipinski definition) is 0. The molecule has 0 N–H and O–H groups in total. The molecule has 0 saturated carbocycles. The Labute approximate surface area is 210 Å². The number of carbonyl (C=O) groups excluding carboxylic acids is 4. The third kappa shape index (κ3) is 5.97. The van der Waals surface area contributed by atoms with E-state index in [4.69, 9.17) is 0 Å². The van der Waals surface area contributed by atoms with Crippen LogP contribution < -0.4 is 0 Å². The van der Waals surface area contributed by atoms with Crippen molar-refractivity contribution >= 4 is 23.1 Å². The summed E-state index contributed by atoms with van der Waals surface area (Å²) >= 11 is 0. The fourth-order valence-electron chi connectivity index (χ4n) is 4.34. The molecular weight excluding hydrogens is 448 g/mol. The molecule has 0 aliphatic rings. The molecule has 36 heavy (non-hydrogen) atoms. The number of Topliss-reactive ketones (excluding diaryl/α,β-unsaturated/α-hetero) is 4. The summed E-state index contributed by atoms with van der Waals surface area (Å²) in [5, 5.41) is 0. The van der Waals surface area contributed by atoms with Crippen molar-refractivity contribution in [3.63, 3.8) is 0 Å². The summed E-state index contributed by atoms with van der Waals surface area (Å²) in [7, 11) is 0. The SMILES string of the molecule is O=C(Cc1ccccc1)[C@@H](C(=O)C(=O)[C@H](C(=O)Cc1ccccc1)c1ccccc1)c1ccccc1. The van der Waals surface area contributed by atoms with Crippen molar-refractivity contribution in [3.05, 3.63) is 144 Å². The van der Waals surface area contributed by atoms with Crippen LogP contribution in [0.4, 0.5) is 0 Å². The molecule has 0 spiro atoms. The Bertz CT molecular complexity index is 1220. The van der Waals surface area contributed by atoms with Crippen molar-refractivity contribution < 1.29 is 19.2 Å². The molecule has 4 aromatic rings. The lowest BCUT2D eigenvalue weighted by Crippen LogP contribution is -2.36. The molecule has 2 atom stereocenters. The highest BCUT2D eigenvalue weighted by Gasteiger charge is 2.39. The van der Waals surface area contributed by atoms with Gasteiger partial charge < -0.3 is 0 Å². The molecule has 0 unspecified atom stereocenters. The van der Waals surface area contributed by atoms with Crippen molar-refractivity contribution in [2.45, 2.75) is 24.7 Å². The van der Waals surface area contributed by atoms with Crippen LogP contribution in [-0.4, -0.2) is 23.1 Å². The summed E-state index contributed by atoms with van der Waals surface area (Å²) in [6.07, 6.45) is 0.0147. The highest BCUT2D eigenvalue weighted by Crippen LogP contribution is 2.27. The third-order valence-electron chi connectivity index (χ3n) is 6.12. The van der Waals surface area contributed by atoms with Gasteiger partial charge in [0.05, 0.1) is 0 Å². The Hall–Kier alpha value is -4.44. The number of ketones is 4. The van der Waals surface area contributed by atoms with Crippen molar-refractivity contribution in [1.29, 1.82) is 0 Å². The molecule has 0 aliphatic heterocycles. The first kappa shape index (κ1) is 24.7. The summed E-state index contributed by atoms with van der Waals surface area (Å²) < 4.78 is 0. The topological polar surface area (TPSA) is 68.3 Å². The van der Waals surface area contributed by atoms with Crippen molar-refractivity contribution in [1.82, 2.24) is 0 Å². The molecule has 4 heteroatoms. The second-order valence-corrected chi connectivity index (χ2v) is 8.67. The van der Waals surface area contributed by atoms with Crippen molar-refractivity contribution in [2.24, 2.45) is 0 Å². The number of benzene rings is 4. The normalized spacial score (nSPS) is 12.3. The molecule has 0 heterocycles. The number of rotatable bonds is 11. The molecule has 0 bridgehead atoms. The first-order valence-electron chi connectivity index (χ1n) is 11.9. The number of hydrogen-bond acceptors (Lipinski definition) is 4. The fraction of sp³-hybridized carbons (Fsp3) is 0.125. The Balaban J connectivity index is 1.68. The minimum Gasteiger partial charge on any atom is -0.298 e. The maximum Gasteiger partial charge on any atom is 0.214 e. The molecule has 0 saturated heterocycles. The zero-order chi connectivity index (χ0) is 25.3. The molecule has 4 aromatic carbocycles. The first-order chi connectivity index (χ1) is 17.5. The lowest BCUT2D eigenvalue weighted by Gasteiger charge is -2.19. The molecular formula is C32H26O4. The van der Waals surface area contributed by atoms with Crippen molar-refractivity contribution in [3.8, 4) is 0 Å². The molecule has 0 fully saturated rings. The van der Waals surface area contributed by atoms with Gasteiger partial charge in [-0.15, -0.1) is 0 Å².